The quantitative estimate of drug-likeness (QED) is 0.257. The third kappa shape index (κ3) is 3.64. The van der Waals surface area contributed by atoms with E-state index in [4.69, 9.17) is 9.47 Å². The predicted molar refractivity (Wildman–Crippen MR) is 123 cm³/mol. The van der Waals surface area contributed by atoms with Crippen LogP contribution in [-0.4, -0.2) is 31.2 Å². The van der Waals surface area contributed by atoms with Gasteiger partial charge < -0.3 is 9.47 Å². The first-order valence-corrected chi connectivity index (χ1v) is 12.1. The fraction of sp³-hybridized carbons (Fsp3) is 0.429. The molecule has 1 spiro atoms. The monoisotopic (exact) mass is 526 g/mol. The molecule has 2 saturated carbocycles. The summed E-state index contributed by atoms with van der Waals surface area (Å²) in [5.74, 6) is -16.6. The van der Waals surface area contributed by atoms with E-state index in [9.17, 15) is 4.39 Å². The van der Waals surface area contributed by atoms with Crippen LogP contribution in [0.5, 0.6) is 5.75 Å². The molecule has 198 valence electrons. The maximum absolute atomic E-state index is 15.5. The van der Waals surface area contributed by atoms with Crippen molar-refractivity contribution in [1.29, 1.82) is 0 Å². The summed E-state index contributed by atoms with van der Waals surface area (Å²) in [6, 6.07) is 4.30. The summed E-state index contributed by atoms with van der Waals surface area (Å²) in [6.45, 7) is 4.66. The average Bonchev–Trinajstić information content (AvgIpc) is 3.56. The minimum atomic E-state index is -4.84. The van der Waals surface area contributed by atoms with Crippen LogP contribution >= 0.6 is 0 Å². The Morgan fingerprint density at radius 3 is 2.54 bits per heavy atom. The standard InChI is InChI=1S/C28H25F7O2/c1-3-5-6-15-7-9-19(18(29)13-15)37-14-16-11-12-26-17-8-10-20(36-4-2)24(31)21(17)27(32,33)28(34,35)25(26)22(26)23(16)30/h3,7-9,11-13,20,22,25H,1,4-6,10,14H2,2H3. The van der Waals surface area contributed by atoms with Crippen molar-refractivity contribution in [3.05, 3.63) is 88.8 Å². The third-order valence-corrected chi connectivity index (χ3v) is 7.69. The molecule has 1 aromatic carbocycles. The lowest BCUT2D eigenvalue weighted by Gasteiger charge is -2.40. The van der Waals surface area contributed by atoms with Gasteiger partial charge in [-0.25, -0.2) is 13.2 Å². The van der Waals surface area contributed by atoms with Gasteiger partial charge in [-0.1, -0.05) is 30.4 Å². The zero-order chi connectivity index (χ0) is 26.8. The highest BCUT2D eigenvalue weighted by Crippen LogP contribution is 2.81. The maximum atomic E-state index is 15.5. The fourth-order valence-electron chi connectivity index (χ4n) is 5.92. The number of fused-ring (bicyclic) bond motifs is 2. The number of rotatable bonds is 8. The summed E-state index contributed by atoms with van der Waals surface area (Å²) in [5.41, 5.74) is -2.96. The van der Waals surface area contributed by atoms with E-state index in [0.717, 1.165) is 0 Å². The van der Waals surface area contributed by atoms with Crippen molar-refractivity contribution in [2.45, 2.75) is 44.1 Å². The molecule has 9 heteroatoms. The van der Waals surface area contributed by atoms with Crippen LogP contribution in [-0.2, 0) is 11.2 Å². The Bertz CT molecular complexity index is 1260. The van der Waals surface area contributed by atoms with Crippen molar-refractivity contribution in [3.63, 3.8) is 0 Å². The van der Waals surface area contributed by atoms with Crippen LogP contribution in [0.25, 0.3) is 0 Å². The van der Waals surface area contributed by atoms with Crippen LogP contribution in [0, 0.1) is 23.1 Å². The normalized spacial score (nSPS) is 30.8. The first kappa shape index (κ1) is 25.8. The molecule has 0 radical (unpaired) electrons. The van der Waals surface area contributed by atoms with Gasteiger partial charge in [0.15, 0.2) is 11.6 Å². The number of benzene rings is 1. The summed E-state index contributed by atoms with van der Waals surface area (Å²) in [7, 11) is 0. The molecule has 4 atom stereocenters. The minimum absolute atomic E-state index is 0.00563. The molecule has 2 fully saturated rings. The molecular weight excluding hydrogens is 501 g/mol. The van der Waals surface area contributed by atoms with E-state index in [1.54, 1.807) is 12.1 Å². The number of hydrogen-bond acceptors (Lipinski definition) is 2. The number of alkyl halides is 4. The van der Waals surface area contributed by atoms with Crippen molar-refractivity contribution in [3.8, 4) is 5.75 Å². The van der Waals surface area contributed by atoms with Gasteiger partial charge in [0.2, 0.25) is 0 Å². The zero-order valence-electron chi connectivity index (χ0n) is 20.0. The molecule has 0 amide bonds. The Morgan fingerprint density at radius 2 is 1.86 bits per heavy atom. The van der Waals surface area contributed by atoms with E-state index >= 15 is 26.3 Å². The lowest BCUT2D eigenvalue weighted by Crippen LogP contribution is -2.51. The van der Waals surface area contributed by atoms with Crippen LogP contribution in [0.2, 0.25) is 0 Å². The van der Waals surface area contributed by atoms with Crippen molar-refractivity contribution in [2.75, 3.05) is 13.2 Å². The van der Waals surface area contributed by atoms with E-state index in [1.807, 2.05) is 0 Å². The topological polar surface area (TPSA) is 18.5 Å². The molecule has 4 aliphatic rings. The number of halogens is 7. The van der Waals surface area contributed by atoms with Crippen LogP contribution in [0.3, 0.4) is 0 Å². The zero-order valence-corrected chi connectivity index (χ0v) is 20.0. The van der Waals surface area contributed by atoms with Crippen LogP contribution in [0.4, 0.5) is 30.7 Å². The summed E-state index contributed by atoms with van der Waals surface area (Å²) < 4.78 is 116. The third-order valence-electron chi connectivity index (χ3n) is 7.69. The van der Waals surface area contributed by atoms with E-state index < -0.39 is 64.9 Å². The van der Waals surface area contributed by atoms with Gasteiger partial charge in [-0.15, -0.1) is 6.58 Å². The Kier molecular flexibility index (Phi) is 6.21. The Morgan fingerprint density at radius 1 is 1.11 bits per heavy atom. The van der Waals surface area contributed by atoms with E-state index in [0.29, 0.717) is 18.4 Å². The molecule has 0 heterocycles. The van der Waals surface area contributed by atoms with Crippen molar-refractivity contribution >= 4 is 0 Å². The van der Waals surface area contributed by atoms with Gasteiger partial charge in [0.1, 0.15) is 24.4 Å². The summed E-state index contributed by atoms with van der Waals surface area (Å²) >= 11 is 0. The number of aryl methyl sites for hydroxylation is 1. The summed E-state index contributed by atoms with van der Waals surface area (Å²) in [5, 5.41) is 0. The molecule has 0 bridgehead atoms. The maximum Gasteiger partial charge on any atom is 0.338 e. The second-order valence-electron chi connectivity index (χ2n) is 9.69. The van der Waals surface area contributed by atoms with E-state index in [1.165, 1.54) is 37.3 Å². The van der Waals surface area contributed by atoms with Gasteiger partial charge in [0, 0.05) is 23.5 Å². The molecule has 37 heavy (non-hydrogen) atoms. The summed E-state index contributed by atoms with van der Waals surface area (Å²) in [6.07, 6.45) is 5.09. The highest BCUT2D eigenvalue weighted by molar-refractivity contribution is 5.63. The van der Waals surface area contributed by atoms with Gasteiger partial charge >= 0.3 is 11.8 Å². The molecule has 1 aromatic rings. The lowest BCUT2D eigenvalue weighted by molar-refractivity contribution is -0.210. The SMILES string of the molecule is C=CCCc1ccc(OCC2=C(F)C3C4C3(C=C2)C2=CCC(OCC)C(F)=C2C(F)(F)C4(F)F)c(F)c1. The predicted octanol–water partition coefficient (Wildman–Crippen LogP) is 7.59. The van der Waals surface area contributed by atoms with Crippen LogP contribution in [0.1, 0.15) is 25.3 Å². The molecule has 4 aliphatic carbocycles. The van der Waals surface area contributed by atoms with Gasteiger partial charge in [0.05, 0.1) is 11.5 Å². The molecule has 5 rings (SSSR count). The van der Waals surface area contributed by atoms with E-state index in [2.05, 4.69) is 6.58 Å². The molecule has 0 aromatic heterocycles. The average molecular weight is 526 g/mol. The highest BCUT2D eigenvalue weighted by atomic mass is 19.3. The van der Waals surface area contributed by atoms with Crippen molar-refractivity contribution < 1.29 is 40.2 Å². The lowest BCUT2D eigenvalue weighted by atomic mass is 9.71. The van der Waals surface area contributed by atoms with Crippen molar-refractivity contribution in [1.82, 2.24) is 0 Å². The van der Waals surface area contributed by atoms with Crippen molar-refractivity contribution in [2.24, 2.45) is 17.3 Å². The van der Waals surface area contributed by atoms with Crippen LogP contribution in [0.15, 0.2) is 77.5 Å². The molecule has 4 unspecified atom stereocenters. The van der Waals surface area contributed by atoms with Crippen LogP contribution < -0.4 is 4.74 Å². The van der Waals surface area contributed by atoms with Gasteiger partial charge in [0.25, 0.3) is 0 Å². The first-order chi connectivity index (χ1) is 17.5. The molecule has 2 nitrogen and oxygen atoms in total. The molecule has 0 saturated heterocycles. The minimum Gasteiger partial charge on any atom is -0.486 e. The smallest absolute Gasteiger partial charge is 0.338 e. The largest absolute Gasteiger partial charge is 0.486 e. The van der Waals surface area contributed by atoms with E-state index in [-0.39, 0.29) is 29.9 Å². The Labute approximate surface area is 209 Å². The highest BCUT2D eigenvalue weighted by Gasteiger charge is 2.87. The van der Waals surface area contributed by atoms with Gasteiger partial charge in [-0.05, 0) is 49.5 Å². The number of ether oxygens (including phenoxy) is 2. The Balaban J connectivity index is 1.44. The molecule has 0 aliphatic heterocycles. The summed E-state index contributed by atoms with van der Waals surface area (Å²) in [4.78, 5) is 0. The van der Waals surface area contributed by atoms with Gasteiger partial charge in [-0.2, -0.15) is 17.6 Å². The number of allylic oxidation sites excluding steroid dienone is 5. The molecular formula is C28H25F7O2. The fourth-order valence-corrected chi connectivity index (χ4v) is 5.92. The second kappa shape index (κ2) is 8.89. The second-order valence-corrected chi connectivity index (χ2v) is 9.69. The number of hydrogen-bond donors (Lipinski definition) is 0. The first-order valence-electron chi connectivity index (χ1n) is 12.1. The Hall–Kier alpha value is -2.81. The van der Waals surface area contributed by atoms with Gasteiger partial charge in [-0.3, -0.25) is 0 Å². The molecule has 0 N–H and O–H groups in total.